The molecule has 1 aliphatic heterocycles. The zero-order valence-electron chi connectivity index (χ0n) is 22.4. The number of carbonyl (C=O) groups excluding carboxylic acids is 2. The Morgan fingerprint density at radius 2 is 1.92 bits per heavy atom. The Morgan fingerprint density at radius 1 is 1.27 bits per heavy atom. The molecule has 1 saturated heterocycles. The largest absolute Gasteiger partial charge is 0.461 e. The third kappa shape index (κ3) is 6.66. The second-order valence-corrected chi connectivity index (χ2v) is 10.9. The highest BCUT2D eigenvalue weighted by molar-refractivity contribution is 6.33. The fourth-order valence-electron chi connectivity index (χ4n) is 4.24. The average Bonchev–Trinajstić information content (AvgIpc) is 2.80. The second kappa shape index (κ2) is 11.2. The fraction of sp³-hybridized carbons (Fsp3) is 0.577. The van der Waals surface area contributed by atoms with Gasteiger partial charge in [-0.15, -0.1) is 0 Å². The molecule has 1 unspecified atom stereocenters. The number of esters is 1. The lowest BCUT2D eigenvalue weighted by Crippen LogP contribution is -2.51. The van der Waals surface area contributed by atoms with Crippen LogP contribution in [0.1, 0.15) is 70.6 Å². The number of nitrogens with zero attached hydrogens (tertiary/aromatic N) is 4. The molecule has 0 aliphatic carbocycles. The van der Waals surface area contributed by atoms with Gasteiger partial charge in [0.2, 0.25) is 5.95 Å². The molecule has 2 aromatic heterocycles. The Hall–Kier alpha value is -3.01. The summed E-state index contributed by atoms with van der Waals surface area (Å²) in [6, 6.07) is 1.40. The number of alkyl carbamates (subject to hydrolysis) is 1. The number of amides is 1. The predicted molar refractivity (Wildman–Crippen MR) is 139 cm³/mol. The molecule has 0 aromatic carbocycles. The number of pyridine rings is 1. The van der Waals surface area contributed by atoms with Gasteiger partial charge in [0.05, 0.1) is 18.0 Å². The van der Waals surface area contributed by atoms with Crippen LogP contribution in [0.5, 0.6) is 0 Å². The van der Waals surface area contributed by atoms with Crippen molar-refractivity contribution >= 4 is 29.5 Å². The number of nitrogens with one attached hydrogen (secondary N) is 1. The standard InChI is InChI=1S/C26H35ClFN5O4/c1-8-36-23(34)20-22(30-15(2)19(32-20)17-9-12-29-21(28)18(17)27)33-13-10-26(7,11-14-33)16(3)31-24(35)37-25(4,5)6/h9,12,16H,8,10-11,13-14H2,1-7H3,(H,31,35). The van der Waals surface area contributed by atoms with Gasteiger partial charge in [-0.2, -0.15) is 4.39 Å². The molecular formula is C26H35ClFN5O4. The van der Waals surface area contributed by atoms with Crippen LogP contribution < -0.4 is 10.2 Å². The van der Waals surface area contributed by atoms with Crippen LogP contribution in [0.15, 0.2) is 12.3 Å². The monoisotopic (exact) mass is 535 g/mol. The number of hydrogen-bond donors (Lipinski definition) is 1. The summed E-state index contributed by atoms with van der Waals surface area (Å²) in [5, 5.41) is 2.77. The molecule has 1 fully saturated rings. The van der Waals surface area contributed by atoms with Crippen molar-refractivity contribution in [2.75, 3.05) is 24.6 Å². The van der Waals surface area contributed by atoms with E-state index in [0.29, 0.717) is 30.2 Å². The van der Waals surface area contributed by atoms with Crippen LogP contribution in [0.2, 0.25) is 5.02 Å². The summed E-state index contributed by atoms with van der Waals surface area (Å²) in [6.45, 7) is 14.3. The molecule has 37 heavy (non-hydrogen) atoms. The van der Waals surface area contributed by atoms with E-state index in [9.17, 15) is 14.0 Å². The summed E-state index contributed by atoms with van der Waals surface area (Å²) >= 11 is 6.14. The first kappa shape index (κ1) is 28.6. The van der Waals surface area contributed by atoms with Crippen molar-refractivity contribution in [2.24, 2.45) is 5.41 Å². The first-order chi connectivity index (χ1) is 17.3. The minimum absolute atomic E-state index is 0.0410. The number of aromatic nitrogens is 3. The van der Waals surface area contributed by atoms with Gasteiger partial charge < -0.3 is 19.7 Å². The number of anilines is 1. The van der Waals surface area contributed by atoms with Crippen LogP contribution in [0.4, 0.5) is 15.0 Å². The van der Waals surface area contributed by atoms with Gasteiger partial charge in [-0.3, -0.25) is 0 Å². The van der Waals surface area contributed by atoms with Gasteiger partial charge in [-0.1, -0.05) is 18.5 Å². The van der Waals surface area contributed by atoms with Crippen molar-refractivity contribution in [3.8, 4) is 11.3 Å². The van der Waals surface area contributed by atoms with Crippen LogP contribution >= 0.6 is 11.6 Å². The Kier molecular flexibility index (Phi) is 8.62. The minimum atomic E-state index is -0.827. The van der Waals surface area contributed by atoms with E-state index in [0.717, 1.165) is 12.8 Å². The summed E-state index contributed by atoms with van der Waals surface area (Å²) in [5.74, 6) is -1.04. The maximum atomic E-state index is 14.0. The molecule has 0 bridgehead atoms. The minimum Gasteiger partial charge on any atom is -0.461 e. The summed E-state index contributed by atoms with van der Waals surface area (Å²) in [6.07, 6.45) is 2.30. The molecule has 1 aliphatic rings. The van der Waals surface area contributed by atoms with E-state index >= 15 is 0 Å². The van der Waals surface area contributed by atoms with Gasteiger partial charge in [0, 0.05) is 30.9 Å². The highest BCUT2D eigenvalue weighted by atomic mass is 35.5. The quantitative estimate of drug-likeness (QED) is 0.390. The highest BCUT2D eigenvalue weighted by Crippen LogP contribution is 2.38. The maximum absolute atomic E-state index is 14.0. The van der Waals surface area contributed by atoms with Crippen LogP contribution in [0.3, 0.4) is 0 Å². The lowest BCUT2D eigenvalue weighted by Gasteiger charge is -2.44. The third-order valence-electron chi connectivity index (χ3n) is 6.61. The molecule has 0 saturated carbocycles. The topological polar surface area (TPSA) is 107 Å². The summed E-state index contributed by atoms with van der Waals surface area (Å²) in [4.78, 5) is 40.0. The molecule has 1 N–H and O–H groups in total. The summed E-state index contributed by atoms with van der Waals surface area (Å²) < 4.78 is 24.7. The van der Waals surface area contributed by atoms with E-state index in [4.69, 9.17) is 26.1 Å². The Morgan fingerprint density at radius 3 is 2.51 bits per heavy atom. The van der Waals surface area contributed by atoms with Crippen molar-refractivity contribution in [3.63, 3.8) is 0 Å². The summed E-state index contributed by atoms with van der Waals surface area (Å²) in [5.41, 5.74) is 0.344. The van der Waals surface area contributed by atoms with E-state index in [2.05, 4.69) is 22.2 Å². The molecule has 9 nitrogen and oxygen atoms in total. The lowest BCUT2D eigenvalue weighted by molar-refractivity contribution is 0.0439. The third-order valence-corrected chi connectivity index (χ3v) is 6.97. The van der Waals surface area contributed by atoms with Crippen LogP contribution in [-0.2, 0) is 9.47 Å². The van der Waals surface area contributed by atoms with Crippen LogP contribution in [0.25, 0.3) is 11.3 Å². The van der Waals surface area contributed by atoms with Crippen LogP contribution in [0, 0.1) is 18.3 Å². The molecule has 2 aromatic rings. The number of ether oxygens (including phenoxy) is 2. The van der Waals surface area contributed by atoms with E-state index in [1.54, 1.807) is 13.8 Å². The molecule has 1 atom stereocenters. The number of halogens is 2. The van der Waals surface area contributed by atoms with E-state index in [1.807, 2.05) is 32.6 Å². The predicted octanol–water partition coefficient (Wildman–Crippen LogP) is 5.34. The first-order valence-electron chi connectivity index (χ1n) is 12.4. The van der Waals surface area contributed by atoms with E-state index in [1.165, 1.54) is 12.3 Å². The van der Waals surface area contributed by atoms with Gasteiger partial charge >= 0.3 is 12.1 Å². The molecule has 0 radical (unpaired) electrons. The van der Waals surface area contributed by atoms with Gasteiger partial charge in [0.25, 0.3) is 0 Å². The second-order valence-electron chi connectivity index (χ2n) is 10.5. The lowest BCUT2D eigenvalue weighted by atomic mass is 9.74. The number of rotatable bonds is 6. The Bertz CT molecular complexity index is 1160. The maximum Gasteiger partial charge on any atom is 0.407 e. The van der Waals surface area contributed by atoms with E-state index < -0.39 is 23.6 Å². The van der Waals surface area contributed by atoms with Gasteiger partial charge in [0.1, 0.15) is 10.6 Å². The van der Waals surface area contributed by atoms with Crippen molar-refractivity contribution in [3.05, 3.63) is 34.6 Å². The van der Waals surface area contributed by atoms with Crippen molar-refractivity contribution < 1.29 is 23.5 Å². The highest BCUT2D eigenvalue weighted by Gasteiger charge is 2.38. The van der Waals surface area contributed by atoms with Crippen molar-refractivity contribution in [1.29, 1.82) is 0 Å². The fourth-order valence-corrected chi connectivity index (χ4v) is 4.44. The van der Waals surface area contributed by atoms with Crippen LogP contribution in [-0.4, -0.2) is 58.4 Å². The van der Waals surface area contributed by atoms with Crippen molar-refractivity contribution in [2.45, 2.75) is 73.0 Å². The number of hydrogen-bond acceptors (Lipinski definition) is 8. The number of piperidine rings is 1. The molecule has 202 valence electrons. The van der Waals surface area contributed by atoms with Gasteiger partial charge in [-0.25, -0.2) is 24.5 Å². The zero-order valence-corrected chi connectivity index (χ0v) is 23.2. The smallest absolute Gasteiger partial charge is 0.407 e. The summed E-state index contributed by atoms with van der Waals surface area (Å²) in [7, 11) is 0. The molecule has 3 heterocycles. The number of carbonyl (C=O) groups is 2. The van der Waals surface area contributed by atoms with Crippen molar-refractivity contribution in [1.82, 2.24) is 20.3 Å². The SMILES string of the molecule is CCOC(=O)c1nc(-c2ccnc(F)c2Cl)c(C)nc1N1CCC(C)(C(C)NC(=O)OC(C)(C)C)CC1. The normalized spacial score (nSPS) is 16.2. The molecule has 3 rings (SSSR count). The number of aryl methyl sites for hydroxylation is 1. The van der Waals surface area contributed by atoms with Gasteiger partial charge in [0.15, 0.2) is 11.5 Å². The van der Waals surface area contributed by atoms with Gasteiger partial charge in [-0.05, 0) is 65.9 Å². The Labute approximate surface area is 222 Å². The molecular weight excluding hydrogens is 501 g/mol. The molecule has 0 spiro atoms. The first-order valence-corrected chi connectivity index (χ1v) is 12.7. The van der Waals surface area contributed by atoms with E-state index in [-0.39, 0.29) is 34.5 Å². The zero-order chi connectivity index (χ0) is 27.5. The molecule has 11 heteroatoms. The average molecular weight is 536 g/mol. The molecule has 1 amide bonds. The Balaban J connectivity index is 1.86.